The molecule has 5 heteroatoms. The van der Waals surface area contributed by atoms with Gasteiger partial charge >= 0.3 is 0 Å². The van der Waals surface area contributed by atoms with Crippen LogP contribution in [0.15, 0.2) is 0 Å². The predicted octanol–water partition coefficient (Wildman–Crippen LogP) is 0.652. The Labute approximate surface area is 95.6 Å². The molecule has 0 spiro atoms. The monoisotopic (exact) mass is 232 g/mol. The first-order valence-corrected chi connectivity index (χ1v) is 5.89. The van der Waals surface area contributed by atoms with Gasteiger partial charge in [-0.1, -0.05) is 0 Å². The largest absolute Gasteiger partial charge is 0.390 e. The van der Waals surface area contributed by atoms with Crippen LogP contribution in [0, 0.1) is 0 Å². The highest BCUT2D eigenvalue weighted by atomic mass is 16.7. The number of rotatable bonds is 4. The molecule has 0 aliphatic carbocycles. The minimum Gasteiger partial charge on any atom is -0.390 e. The first kappa shape index (κ1) is 12.3. The summed E-state index contributed by atoms with van der Waals surface area (Å²) in [5.74, 6) is 0. The topological polar surface area (TPSA) is 57.2 Å². The van der Waals surface area contributed by atoms with Crippen LogP contribution < -0.4 is 0 Å². The first-order chi connectivity index (χ1) is 7.79. The highest BCUT2D eigenvalue weighted by Gasteiger charge is 2.34. The Bertz CT molecular complexity index is 205. The van der Waals surface area contributed by atoms with E-state index in [1.54, 1.807) is 7.11 Å². The molecule has 0 saturated carbocycles. The maximum atomic E-state index is 9.69. The molecule has 0 aromatic heterocycles. The zero-order chi connectivity index (χ0) is 11.4. The van der Waals surface area contributed by atoms with Gasteiger partial charge in [0.2, 0.25) is 0 Å². The van der Waals surface area contributed by atoms with Crippen LogP contribution in [-0.2, 0) is 18.9 Å². The summed E-state index contributed by atoms with van der Waals surface area (Å²) in [7, 11) is 1.57. The van der Waals surface area contributed by atoms with Crippen molar-refractivity contribution in [3.8, 4) is 0 Å². The fraction of sp³-hybridized carbons (Fsp3) is 1.00. The van der Waals surface area contributed by atoms with Gasteiger partial charge in [0.25, 0.3) is 0 Å². The van der Waals surface area contributed by atoms with Gasteiger partial charge in [0.05, 0.1) is 12.7 Å². The minimum atomic E-state index is -0.506. The second-order valence-electron chi connectivity index (χ2n) is 4.27. The highest BCUT2D eigenvalue weighted by Crippen LogP contribution is 2.22. The number of ether oxygens (including phenoxy) is 4. The third-order valence-corrected chi connectivity index (χ3v) is 3.04. The average molecular weight is 232 g/mol. The van der Waals surface area contributed by atoms with Crippen molar-refractivity contribution in [1.82, 2.24) is 0 Å². The van der Waals surface area contributed by atoms with E-state index in [9.17, 15) is 5.11 Å². The Morgan fingerprint density at radius 1 is 1.31 bits per heavy atom. The maximum Gasteiger partial charge on any atom is 0.160 e. The lowest BCUT2D eigenvalue weighted by atomic mass is 10.2. The molecule has 4 atom stereocenters. The molecule has 94 valence electrons. The van der Waals surface area contributed by atoms with Crippen LogP contribution in [0.1, 0.15) is 25.7 Å². The summed E-state index contributed by atoms with van der Waals surface area (Å²) in [6.07, 6.45) is 2.44. The van der Waals surface area contributed by atoms with Crippen molar-refractivity contribution in [2.24, 2.45) is 0 Å². The second-order valence-corrected chi connectivity index (χ2v) is 4.27. The van der Waals surface area contributed by atoms with E-state index in [0.717, 1.165) is 25.9 Å². The molecule has 2 unspecified atom stereocenters. The molecular formula is C11H20O5. The van der Waals surface area contributed by atoms with Crippen molar-refractivity contribution in [1.29, 1.82) is 0 Å². The lowest BCUT2D eigenvalue weighted by molar-refractivity contribution is -0.195. The van der Waals surface area contributed by atoms with E-state index in [1.165, 1.54) is 0 Å². The van der Waals surface area contributed by atoms with Gasteiger partial charge in [-0.3, -0.25) is 0 Å². The number of hydrogen-bond donors (Lipinski definition) is 1. The van der Waals surface area contributed by atoms with Gasteiger partial charge in [0, 0.05) is 20.1 Å². The smallest absolute Gasteiger partial charge is 0.160 e. The van der Waals surface area contributed by atoms with Gasteiger partial charge in [0.15, 0.2) is 12.6 Å². The molecule has 0 radical (unpaired) electrons. The van der Waals surface area contributed by atoms with Gasteiger partial charge in [-0.2, -0.15) is 0 Å². The molecule has 1 N–H and O–H groups in total. The first-order valence-electron chi connectivity index (χ1n) is 5.89. The number of aliphatic hydroxyl groups excluding tert-OH is 1. The van der Waals surface area contributed by atoms with Crippen LogP contribution in [0.4, 0.5) is 0 Å². The predicted molar refractivity (Wildman–Crippen MR) is 55.8 cm³/mol. The number of hydrogen-bond acceptors (Lipinski definition) is 5. The molecule has 2 aliphatic heterocycles. The summed E-state index contributed by atoms with van der Waals surface area (Å²) in [5.41, 5.74) is 0. The molecular weight excluding hydrogens is 212 g/mol. The minimum absolute atomic E-state index is 0.133. The Balaban J connectivity index is 1.69. The SMILES string of the molecule is COC1C[C@@H](O)[C@@H](COC2CCCCO2)O1. The van der Waals surface area contributed by atoms with E-state index in [2.05, 4.69) is 0 Å². The zero-order valence-corrected chi connectivity index (χ0v) is 9.63. The average Bonchev–Trinajstić information content (AvgIpc) is 2.69. The van der Waals surface area contributed by atoms with Crippen LogP contribution in [0.5, 0.6) is 0 Å². The molecule has 2 fully saturated rings. The zero-order valence-electron chi connectivity index (χ0n) is 9.63. The van der Waals surface area contributed by atoms with Crippen LogP contribution in [0.2, 0.25) is 0 Å². The van der Waals surface area contributed by atoms with Crippen molar-refractivity contribution in [3.05, 3.63) is 0 Å². The fourth-order valence-corrected chi connectivity index (χ4v) is 2.04. The Morgan fingerprint density at radius 2 is 2.19 bits per heavy atom. The van der Waals surface area contributed by atoms with E-state index in [0.29, 0.717) is 13.0 Å². The summed E-state index contributed by atoms with van der Waals surface area (Å²) >= 11 is 0. The van der Waals surface area contributed by atoms with Gasteiger partial charge in [-0.15, -0.1) is 0 Å². The molecule has 2 saturated heterocycles. The fourth-order valence-electron chi connectivity index (χ4n) is 2.04. The summed E-state index contributed by atoms with van der Waals surface area (Å²) in [6.45, 7) is 1.13. The van der Waals surface area contributed by atoms with Crippen molar-refractivity contribution in [2.75, 3.05) is 20.3 Å². The van der Waals surface area contributed by atoms with Crippen molar-refractivity contribution in [2.45, 2.75) is 50.5 Å². The van der Waals surface area contributed by atoms with Crippen LogP contribution in [-0.4, -0.2) is 50.2 Å². The van der Waals surface area contributed by atoms with Crippen LogP contribution in [0.25, 0.3) is 0 Å². The van der Waals surface area contributed by atoms with Crippen molar-refractivity contribution >= 4 is 0 Å². The Hall–Kier alpha value is -0.200. The summed E-state index contributed by atoms with van der Waals surface area (Å²) in [5, 5.41) is 9.69. The molecule has 0 aromatic carbocycles. The van der Waals surface area contributed by atoms with Gasteiger partial charge in [-0.25, -0.2) is 0 Å². The molecule has 0 aromatic rings. The third kappa shape index (κ3) is 3.15. The summed E-state index contributed by atoms with van der Waals surface area (Å²) in [6, 6.07) is 0. The van der Waals surface area contributed by atoms with E-state index < -0.39 is 6.10 Å². The molecule has 16 heavy (non-hydrogen) atoms. The quantitative estimate of drug-likeness (QED) is 0.771. The lowest BCUT2D eigenvalue weighted by Gasteiger charge is -2.24. The van der Waals surface area contributed by atoms with E-state index in [1.807, 2.05) is 0 Å². The molecule has 2 aliphatic rings. The van der Waals surface area contributed by atoms with Crippen molar-refractivity contribution in [3.63, 3.8) is 0 Å². The van der Waals surface area contributed by atoms with Gasteiger partial charge < -0.3 is 24.1 Å². The number of methoxy groups -OCH3 is 1. The normalized spacial score (nSPS) is 40.1. The Morgan fingerprint density at radius 3 is 2.81 bits per heavy atom. The molecule has 0 amide bonds. The van der Waals surface area contributed by atoms with Crippen molar-refractivity contribution < 1.29 is 24.1 Å². The molecule has 0 bridgehead atoms. The summed E-state index contributed by atoms with van der Waals surface area (Å²) in [4.78, 5) is 0. The molecule has 2 heterocycles. The molecule has 5 nitrogen and oxygen atoms in total. The summed E-state index contributed by atoms with van der Waals surface area (Å²) < 4.78 is 21.5. The van der Waals surface area contributed by atoms with Crippen LogP contribution in [0.3, 0.4) is 0 Å². The Kier molecular flexibility index (Phi) is 4.55. The highest BCUT2D eigenvalue weighted by molar-refractivity contribution is 4.78. The second kappa shape index (κ2) is 5.93. The third-order valence-electron chi connectivity index (χ3n) is 3.04. The van der Waals surface area contributed by atoms with Gasteiger partial charge in [-0.05, 0) is 19.3 Å². The van der Waals surface area contributed by atoms with Gasteiger partial charge in [0.1, 0.15) is 6.10 Å². The standard InChI is InChI=1S/C11H20O5/c1-13-11-6-8(12)9(16-11)7-15-10-4-2-3-5-14-10/h8-12H,2-7H2,1H3/t8-,9-,10?,11?/m1/s1. The van der Waals surface area contributed by atoms with Crippen LogP contribution >= 0.6 is 0 Å². The maximum absolute atomic E-state index is 9.69. The van der Waals surface area contributed by atoms with E-state index >= 15 is 0 Å². The molecule has 2 rings (SSSR count). The van der Waals surface area contributed by atoms with E-state index in [4.69, 9.17) is 18.9 Å². The lowest BCUT2D eigenvalue weighted by Crippen LogP contribution is -2.31. The number of aliphatic hydroxyl groups is 1. The van der Waals surface area contributed by atoms with E-state index in [-0.39, 0.29) is 18.7 Å².